The molecule has 3 rings (SSSR count). The van der Waals surface area contributed by atoms with Crippen molar-refractivity contribution in [2.45, 2.75) is 25.3 Å². The van der Waals surface area contributed by atoms with Crippen molar-refractivity contribution in [2.24, 2.45) is 0 Å². The average molecular weight is 274 g/mol. The molecule has 0 spiro atoms. The van der Waals surface area contributed by atoms with Crippen LogP contribution in [0.3, 0.4) is 0 Å². The third-order valence-corrected chi connectivity index (χ3v) is 4.65. The lowest BCUT2D eigenvalue weighted by Gasteiger charge is -2.40. The molecule has 1 aliphatic carbocycles. The Bertz CT molecular complexity index is 507. The number of aromatic carboxylic acids is 1. The van der Waals surface area contributed by atoms with Crippen molar-refractivity contribution in [1.29, 1.82) is 0 Å². The molecule has 108 valence electrons. The molecule has 0 bridgehead atoms. The number of carboxylic acid groups (broad SMARTS) is 1. The van der Waals surface area contributed by atoms with E-state index in [1.54, 1.807) is 6.07 Å². The van der Waals surface area contributed by atoms with E-state index in [2.05, 4.69) is 16.8 Å². The fourth-order valence-corrected chi connectivity index (χ4v) is 3.42. The number of nitrogens with zero attached hydrogens (tertiary/aromatic N) is 2. The van der Waals surface area contributed by atoms with Crippen LogP contribution in [0.15, 0.2) is 18.2 Å². The van der Waals surface area contributed by atoms with Gasteiger partial charge in [-0.2, -0.15) is 0 Å². The Balaban J connectivity index is 1.88. The van der Waals surface area contributed by atoms with E-state index in [0.29, 0.717) is 11.6 Å². The summed E-state index contributed by atoms with van der Waals surface area (Å²) < 4.78 is 0. The van der Waals surface area contributed by atoms with Gasteiger partial charge >= 0.3 is 5.97 Å². The molecule has 1 saturated heterocycles. The van der Waals surface area contributed by atoms with Crippen LogP contribution >= 0.6 is 0 Å². The molecule has 4 heteroatoms. The molecule has 0 aromatic heterocycles. The normalized spacial score (nSPS) is 24.4. The predicted octanol–water partition coefficient (Wildman–Crippen LogP) is 2.01. The number of piperazine rings is 1. The smallest absolute Gasteiger partial charge is 0.335 e. The number of aryl methyl sites for hydroxylation is 1. The molecule has 1 fully saturated rings. The van der Waals surface area contributed by atoms with Crippen LogP contribution < -0.4 is 0 Å². The van der Waals surface area contributed by atoms with E-state index in [1.165, 1.54) is 17.5 Å². The third kappa shape index (κ3) is 2.58. The van der Waals surface area contributed by atoms with Crippen molar-refractivity contribution in [1.82, 2.24) is 9.80 Å². The second kappa shape index (κ2) is 5.54. The molecule has 1 atom stereocenters. The fourth-order valence-electron chi connectivity index (χ4n) is 3.42. The molecule has 0 radical (unpaired) electrons. The molecular weight excluding hydrogens is 252 g/mol. The van der Waals surface area contributed by atoms with Crippen LogP contribution in [-0.4, -0.2) is 54.1 Å². The van der Waals surface area contributed by atoms with Crippen molar-refractivity contribution >= 4 is 5.97 Å². The van der Waals surface area contributed by atoms with Crippen LogP contribution in [0.2, 0.25) is 0 Å². The second-order valence-electron chi connectivity index (χ2n) is 5.97. The number of hydrogen-bond donors (Lipinski definition) is 1. The van der Waals surface area contributed by atoms with Crippen molar-refractivity contribution in [3.05, 3.63) is 34.9 Å². The maximum absolute atomic E-state index is 11.2. The summed E-state index contributed by atoms with van der Waals surface area (Å²) in [5, 5.41) is 9.20. The third-order valence-electron chi connectivity index (χ3n) is 4.65. The van der Waals surface area contributed by atoms with E-state index in [0.717, 1.165) is 39.0 Å². The number of benzene rings is 1. The summed E-state index contributed by atoms with van der Waals surface area (Å²) in [6, 6.07) is 6.07. The summed E-state index contributed by atoms with van der Waals surface area (Å²) in [6.07, 6.45) is 3.44. The summed E-state index contributed by atoms with van der Waals surface area (Å²) in [4.78, 5) is 16.1. The lowest BCUT2D eigenvalue weighted by atomic mass is 9.85. The highest BCUT2D eigenvalue weighted by Gasteiger charge is 2.28. The fraction of sp³-hybridized carbons (Fsp3) is 0.562. The van der Waals surface area contributed by atoms with E-state index in [1.807, 2.05) is 12.1 Å². The van der Waals surface area contributed by atoms with Gasteiger partial charge in [0.1, 0.15) is 0 Å². The van der Waals surface area contributed by atoms with E-state index >= 15 is 0 Å². The van der Waals surface area contributed by atoms with Crippen LogP contribution in [0.1, 0.15) is 40.4 Å². The predicted molar refractivity (Wildman–Crippen MR) is 78.2 cm³/mol. The molecule has 2 aliphatic rings. The van der Waals surface area contributed by atoms with Gasteiger partial charge in [-0.15, -0.1) is 0 Å². The molecule has 1 N–H and O–H groups in total. The number of hydrogen-bond acceptors (Lipinski definition) is 3. The van der Waals surface area contributed by atoms with Crippen LogP contribution in [0.4, 0.5) is 0 Å². The number of carboxylic acids is 1. The molecule has 1 aromatic rings. The van der Waals surface area contributed by atoms with Gasteiger partial charge in [-0.1, -0.05) is 6.07 Å². The molecule has 20 heavy (non-hydrogen) atoms. The van der Waals surface area contributed by atoms with Crippen LogP contribution in [-0.2, 0) is 6.42 Å². The minimum atomic E-state index is -0.824. The lowest BCUT2D eigenvalue weighted by molar-refractivity contribution is 0.0696. The molecule has 4 nitrogen and oxygen atoms in total. The van der Waals surface area contributed by atoms with E-state index < -0.39 is 5.97 Å². The van der Waals surface area contributed by atoms with Gasteiger partial charge in [-0.25, -0.2) is 4.79 Å². The molecule has 1 heterocycles. The zero-order valence-electron chi connectivity index (χ0n) is 12.0. The first-order valence-electron chi connectivity index (χ1n) is 7.44. The van der Waals surface area contributed by atoms with Gasteiger partial charge in [-0.05, 0) is 49.6 Å². The first-order valence-corrected chi connectivity index (χ1v) is 7.44. The number of fused-ring (bicyclic) bond motifs is 1. The Labute approximate surface area is 120 Å². The Morgan fingerprint density at radius 1 is 1.25 bits per heavy atom. The van der Waals surface area contributed by atoms with E-state index in [4.69, 9.17) is 0 Å². The number of carbonyl (C=O) groups is 1. The van der Waals surface area contributed by atoms with Crippen LogP contribution in [0.5, 0.6) is 0 Å². The van der Waals surface area contributed by atoms with Gasteiger partial charge in [0.2, 0.25) is 0 Å². The summed E-state index contributed by atoms with van der Waals surface area (Å²) in [7, 11) is 2.16. The maximum atomic E-state index is 11.2. The first kappa shape index (κ1) is 13.6. The minimum Gasteiger partial charge on any atom is -0.478 e. The zero-order valence-corrected chi connectivity index (χ0v) is 12.0. The standard InChI is InChI=1S/C16H22N2O2/c1-17-7-9-18(10-8-17)15-4-2-3-12-5-6-13(16(19)20)11-14(12)15/h5-6,11,15H,2-4,7-10H2,1H3,(H,19,20). The Morgan fingerprint density at radius 3 is 2.70 bits per heavy atom. The van der Waals surface area contributed by atoms with Crippen molar-refractivity contribution in [3.8, 4) is 0 Å². The highest BCUT2D eigenvalue weighted by atomic mass is 16.4. The monoisotopic (exact) mass is 274 g/mol. The van der Waals surface area contributed by atoms with Crippen molar-refractivity contribution < 1.29 is 9.90 Å². The average Bonchev–Trinajstić information content (AvgIpc) is 2.47. The van der Waals surface area contributed by atoms with Gasteiger partial charge in [0.25, 0.3) is 0 Å². The van der Waals surface area contributed by atoms with Gasteiger partial charge in [-0.3, -0.25) is 4.90 Å². The van der Waals surface area contributed by atoms with Crippen molar-refractivity contribution in [2.75, 3.05) is 33.2 Å². The second-order valence-corrected chi connectivity index (χ2v) is 5.97. The number of likely N-dealkylation sites (N-methyl/N-ethyl adjacent to an activating group) is 1. The molecule has 1 aromatic carbocycles. The Kier molecular flexibility index (Phi) is 3.76. The Hall–Kier alpha value is -1.39. The largest absolute Gasteiger partial charge is 0.478 e. The molecule has 0 saturated carbocycles. The highest BCUT2D eigenvalue weighted by Crippen LogP contribution is 2.35. The van der Waals surface area contributed by atoms with Gasteiger partial charge in [0, 0.05) is 32.2 Å². The summed E-state index contributed by atoms with van der Waals surface area (Å²) in [6.45, 7) is 4.37. The summed E-state index contributed by atoms with van der Waals surface area (Å²) in [5.41, 5.74) is 3.01. The van der Waals surface area contributed by atoms with Crippen molar-refractivity contribution in [3.63, 3.8) is 0 Å². The molecule has 0 amide bonds. The van der Waals surface area contributed by atoms with Gasteiger partial charge in [0.05, 0.1) is 5.56 Å². The topological polar surface area (TPSA) is 43.8 Å². The van der Waals surface area contributed by atoms with Gasteiger partial charge in [0.15, 0.2) is 0 Å². The lowest BCUT2D eigenvalue weighted by Crippen LogP contribution is -2.46. The number of rotatable bonds is 2. The molecule has 1 unspecified atom stereocenters. The van der Waals surface area contributed by atoms with Crippen LogP contribution in [0, 0.1) is 0 Å². The highest BCUT2D eigenvalue weighted by molar-refractivity contribution is 5.88. The molecule has 1 aliphatic heterocycles. The maximum Gasteiger partial charge on any atom is 0.335 e. The SMILES string of the molecule is CN1CCN(C2CCCc3ccc(C(=O)O)cc32)CC1. The zero-order chi connectivity index (χ0) is 14.1. The summed E-state index contributed by atoms with van der Waals surface area (Å²) >= 11 is 0. The van der Waals surface area contributed by atoms with E-state index in [9.17, 15) is 9.90 Å². The van der Waals surface area contributed by atoms with E-state index in [-0.39, 0.29) is 0 Å². The quantitative estimate of drug-likeness (QED) is 0.896. The Morgan fingerprint density at radius 2 is 2.00 bits per heavy atom. The first-order chi connectivity index (χ1) is 9.65. The van der Waals surface area contributed by atoms with Gasteiger partial charge < -0.3 is 10.0 Å². The summed E-state index contributed by atoms with van der Waals surface area (Å²) in [5.74, 6) is -0.824. The molecular formula is C16H22N2O2. The minimum absolute atomic E-state index is 0.409. The van der Waals surface area contributed by atoms with Crippen LogP contribution in [0.25, 0.3) is 0 Å².